The highest BCUT2D eigenvalue weighted by molar-refractivity contribution is 7.92. The van der Waals surface area contributed by atoms with Crippen molar-refractivity contribution in [3.05, 3.63) is 70.1 Å². The first kappa shape index (κ1) is 17.8. The number of carboxylic acids is 1. The Labute approximate surface area is 158 Å². The van der Waals surface area contributed by atoms with Crippen molar-refractivity contribution in [1.82, 2.24) is 9.97 Å². The van der Waals surface area contributed by atoms with Crippen LogP contribution < -0.4 is 10.3 Å². The molecule has 4 rings (SSSR count). The third-order valence-electron chi connectivity index (χ3n) is 4.46. The van der Waals surface area contributed by atoms with Gasteiger partial charge in [0, 0.05) is 28.2 Å². The molecule has 4 N–H and O–H groups in total. The monoisotopic (exact) mass is 397 g/mol. The van der Waals surface area contributed by atoms with Gasteiger partial charge in [0.1, 0.15) is 5.52 Å². The molecule has 0 spiro atoms. The second-order valence-electron chi connectivity index (χ2n) is 6.39. The quantitative estimate of drug-likeness (QED) is 0.420. The highest BCUT2D eigenvalue weighted by Crippen LogP contribution is 2.27. The van der Waals surface area contributed by atoms with Crippen molar-refractivity contribution in [2.45, 2.75) is 11.8 Å². The second kappa shape index (κ2) is 6.24. The smallest absolute Gasteiger partial charge is 0.337 e. The Hall–Kier alpha value is -3.59. The van der Waals surface area contributed by atoms with Crippen molar-refractivity contribution in [3.8, 4) is 0 Å². The first-order valence-corrected chi connectivity index (χ1v) is 9.74. The predicted molar refractivity (Wildman–Crippen MR) is 105 cm³/mol. The van der Waals surface area contributed by atoms with Gasteiger partial charge in [0.15, 0.2) is 0 Å². The standard InChI is InChI=1S/C19H15N3O5S/c1-10-2-4-11(5-3-10)22-28(26,27)12-6-7-15-13(8-12)16-14(19(24)25)9-20-17(16)18(23)21-15/h2-9,20,22H,1H3,(H,21,23)(H,24,25). The van der Waals surface area contributed by atoms with Crippen LogP contribution in [0.1, 0.15) is 15.9 Å². The number of fused-ring (bicyclic) bond motifs is 3. The Balaban J connectivity index is 1.91. The lowest BCUT2D eigenvalue weighted by molar-refractivity contribution is 0.0699. The molecule has 28 heavy (non-hydrogen) atoms. The number of aromatic nitrogens is 2. The Morgan fingerprint density at radius 1 is 1.11 bits per heavy atom. The number of H-pyrrole nitrogens is 2. The van der Waals surface area contributed by atoms with Gasteiger partial charge in [-0.1, -0.05) is 17.7 Å². The van der Waals surface area contributed by atoms with Crippen LogP contribution in [0.3, 0.4) is 0 Å². The molecule has 0 unspecified atom stereocenters. The third-order valence-corrected chi connectivity index (χ3v) is 5.84. The van der Waals surface area contributed by atoms with E-state index >= 15 is 0 Å². The summed E-state index contributed by atoms with van der Waals surface area (Å²) >= 11 is 0. The molecule has 9 heteroatoms. The summed E-state index contributed by atoms with van der Waals surface area (Å²) in [5.41, 5.74) is 1.23. The Morgan fingerprint density at radius 2 is 1.82 bits per heavy atom. The van der Waals surface area contributed by atoms with E-state index in [4.69, 9.17) is 0 Å². The van der Waals surface area contributed by atoms with E-state index in [1.54, 1.807) is 24.3 Å². The zero-order valence-corrected chi connectivity index (χ0v) is 15.4. The van der Waals surface area contributed by atoms with Crippen LogP contribution in [0.5, 0.6) is 0 Å². The summed E-state index contributed by atoms with van der Waals surface area (Å²) < 4.78 is 28.1. The number of anilines is 1. The fraction of sp³-hybridized carbons (Fsp3) is 0.0526. The number of aromatic amines is 2. The second-order valence-corrected chi connectivity index (χ2v) is 8.07. The highest BCUT2D eigenvalue weighted by atomic mass is 32.2. The molecule has 2 aromatic carbocycles. The van der Waals surface area contributed by atoms with Crippen molar-refractivity contribution in [3.63, 3.8) is 0 Å². The lowest BCUT2D eigenvalue weighted by Gasteiger charge is -2.10. The summed E-state index contributed by atoms with van der Waals surface area (Å²) in [6.45, 7) is 1.89. The molecule has 0 amide bonds. The highest BCUT2D eigenvalue weighted by Gasteiger charge is 2.20. The van der Waals surface area contributed by atoms with Gasteiger partial charge in [-0.05, 0) is 37.3 Å². The van der Waals surface area contributed by atoms with Crippen molar-refractivity contribution >= 4 is 43.5 Å². The van der Waals surface area contributed by atoms with Gasteiger partial charge in [0.25, 0.3) is 15.6 Å². The number of sulfonamides is 1. The molecule has 0 bridgehead atoms. The lowest BCUT2D eigenvalue weighted by Crippen LogP contribution is -2.13. The number of hydrogen-bond donors (Lipinski definition) is 4. The van der Waals surface area contributed by atoms with Crippen LogP contribution in [0.15, 0.2) is 58.4 Å². The summed E-state index contributed by atoms with van der Waals surface area (Å²) in [6.07, 6.45) is 1.22. The van der Waals surface area contributed by atoms with Gasteiger partial charge in [0.2, 0.25) is 0 Å². The van der Waals surface area contributed by atoms with Crippen molar-refractivity contribution in [2.24, 2.45) is 0 Å². The van der Waals surface area contributed by atoms with Gasteiger partial charge in [-0.25, -0.2) is 13.2 Å². The van der Waals surface area contributed by atoms with Crippen LogP contribution in [0, 0.1) is 6.92 Å². The minimum absolute atomic E-state index is 0.0496. The average molecular weight is 397 g/mol. The molecule has 0 aliphatic carbocycles. The van der Waals surface area contributed by atoms with E-state index in [-0.39, 0.29) is 21.4 Å². The molecule has 0 radical (unpaired) electrons. The maximum atomic E-state index is 12.8. The number of aryl methyl sites for hydroxylation is 1. The molecule has 0 fully saturated rings. The van der Waals surface area contributed by atoms with Gasteiger partial charge in [0.05, 0.1) is 10.5 Å². The van der Waals surface area contributed by atoms with E-state index in [2.05, 4.69) is 14.7 Å². The van der Waals surface area contributed by atoms with Crippen molar-refractivity contribution < 1.29 is 18.3 Å². The molecule has 142 valence electrons. The van der Waals surface area contributed by atoms with Crippen LogP contribution in [-0.2, 0) is 10.0 Å². The normalized spacial score (nSPS) is 11.8. The Morgan fingerprint density at radius 3 is 2.50 bits per heavy atom. The van der Waals surface area contributed by atoms with Crippen LogP contribution in [0.4, 0.5) is 5.69 Å². The maximum Gasteiger partial charge on any atom is 0.337 e. The van der Waals surface area contributed by atoms with Crippen molar-refractivity contribution in [1.29, 1.82) is 0 Å². The number of hydrogen-bond acceptors (Lipinski definition) is 4. The number of carbonyl (C=O) groups is 1. The number of carboxylic acid groups (broad SMARTS) is 1. The van der Waals surface area contributed by atoms with Gasteiger partial charge in [-0.15, -0.1) is 0 Å². The molecule has 4 aromatic rings. The van der Waals surface area contributed by atoms with Gasteiger partial charge >= 0.3 is 5.97 Å². The van der Waals surface area contributed by atoms with Crippen LogP contribution in [0.25, 0.3) is 21.8 Å². The minimum Gasteiger partial charge on any atom is -0.478 e. The Kier molecular flexibility index (Phi) is 3.97. The summed E-state index contributed by atoms with van der Waals surface area (Å²) in [6, 6.07) is 11.0. The van der Waals surface area contributed by atoms with Gasteiger partial charge in [-0.2, -0.15) is 0 Å². The third kappa shape index (κ3) is 2.91. The molecule has 2 heterocycles. The first-order valence-electron chi connectivity index (χ1n) is 8.26. The fourth-order valence-electron chi connectivity index (χ4n) is 3.08. The molecule has 0 aliphatic heterocycles. The van der Waals surface area contributed by atoms with Crippen molar-refractivity contribution in [2.75, 3.05) is 4.72 Å². The number of rotatable bonds is 4. The summed E-state index contributed by atoms with van der Waals surface area (Å²) in [5.74, 6) is -1.22. The average Bonchev–Trinajstić information content (AvgIpc) is 3.10. The number of pyridine rings is 1. The fourth-order valence-corrected chi connectivity index (χ4v) is 4.16. The zero-order valence-electron chi connectivity index (χ0n) is 14.6. The molecule has 0 atom stereocenters. The van der Waals surface area contributed by atoms with E-state index in [0.717, 1.165) is 5.56 Å². The summed E-state index contributed by atoms with van der Waals surface area (Å²) in [7, 11) is -3.91. The molecular weight excluding hydrogens is 382 g/mol. The first-order chi connectivity index (χ1) is 13.3. The van der Waals surface area contributed by atoms with Gasteiger partial charge < -0.3 is 15.1 Å². The van der Waals surface area contributed by atoms with E-state index in [1.807, 2.05) is 6.92 Å². The van der Waals surface area contributed by atoms with E-state index in [0.29, 0.717) is 16.6 Å². The molecule has 0 saturated heterocycles. The van der Waals surface area contributed by atoms with E-state index < -0.39 is 21.6 Å². The number of aromatic carboxylic acids is 1. The maximum absolute atomic E-state index is 12.8. The number of benzene rings is 2. The van der Waals surface area contributed by atoms with Crippen LogP contribution in [0.2, 0.25) is 0 Å². The topological polar surface area (TPSA) is 132 Å². The van der Waals surface area contributed by atoms with Crippen LogP contribution in [-0.4, -0.2) is 29.5 Å². The SMILES string of the molecule is Cc1ccc(NS(=O)(=O)c2ccc3[nH]c(=O)c4[nH]cc(C(=O)O)c4c3c2)cc1. The molecule has 0 aliphatic rings. The van der Waals surface area contributed by atoms with E-state index in [9.17, 15) is 23.1 Å². The molecule has 0 saturated carbocycles. The zero-order chi connectivity index (χ0) is 20.1. The molecular formula is C19H15N3O5S. The lowest BCUT2D eigenvalue weighted by atomic mass is 10.1. The minimum atomic E-state index is -3.91. The largest absolute Gasteiger partial charge is 0.478 e. The Bertz CT molecular complexity index is 1400. The van der Waals surface area contributed by atoms with Gasteiger partial charge in [-0.3, -0.25) is 9.52 Å². The molecule has 2 aromatic heterocycles. The van der Waals surface area contributed by atoms with E-state index in [1.165, 1.54) is 24.4 Å². The molecule has 8 nitrogen and oxygen atoms in total. The van der Waals surface area contributed by atoms with Crippen LogP contribution >= 0.6 is 0 Å². The number of nitrogens with one attached hydrogen (secondary N) is 3. The predicted octanol–water partition coefficient (Wildman–Crippen LogP) is 2.82. The summed E-state index contributed by atoms with van der Waals surface area (Å²) in [5, 5.41) is 9.89. The summed E-state index contributed by atoms with van der Waals surface area (Å²) in [4.78, 5) is 28.9.